The minimum absolute atomic E-state index is 0.0859. The van der Waals surface area contributed by atoms with E-state index >= 15 is 0 Å². The van der Waals surface area contributed by atoms with Gasteiger partial charge >= 0.3 is 0 Å². The van der Waals surface area contributed by atoms with E-state index < -0.39 is 0 Å². The maximum atomic E-state index is 12.2. The zero-order valence-corrected chi connectivity index (χ0v) is 12.6. The molecule has 1 N–H and O–H groups in total. The summed E-state index contributed by atoms with van der Waals surface area (Å²) in [4.78, 5) is 16.4. The average molecular weight is 297 g/mol. The van der Waals surface area contributed by atoms with Crippen molar-refractivity contribution in [3.63, 3.8) is 0 Å². The molecule has 1 aromatic rings. The van der Waals surface area contributed by atoms with Crippen LogP contribution in [0, 0.1) is 5.92 Å². The quantitative estimate of drug-likeness (QED) is 0.850. The summed E-state index contributed by atoms with van der Waals surface area (Å²) in [6, 6.07) is 3.44. The molecule has 0 aliphatic carbocycles. The lowest BCUT2D eigenvalue weighted by atomic mass is 10.0. The molecule has 1 fully saturated rings. The SMILES string of the molecule is CCCc1cc(C(=O)NCC2CCCOC2)cc(Cl)n1. The summed E-state index contributed by atoms with van der Waals surface area (Å²) in [6.07, 6.45) is 3.99. The molecule has 1 unspecified atom stereocenters. The number of carbonyl (C=O) groups excluding carboxylic acids is 1. The van der Waals surface area contributed by atoms with Crippen molar-refractivity contribution in [2.45, 2.75) is 32.6 Å². The number of hydrogen-bond acceptors (Lipinski definition) is 3. The molecule has 1 aromatic heterocycles. The van der Waals surface area contributed by atoms with Gasteiger partial charge in [-0.2, -0.15) is 0 Å². The van der Waals surface area contributed by atoms with Gasteiger partial charge in [0.15, 0.2) is 0 Å². The Labute approximate surface area is 124 Å². The summed E-state index contributed by atoms with van der Waals surface area (Å²) in [6.45, 7) is 4.30. The number of pyridine rings is 1. The second-order valence-electron chi connectivity index (χ2n) is 5.21. The van der Waals surface area contributed by atoms with Crippen molar-refractivity contribution >= 4 is 17.5 Å². The van der Waals surface area contributed by atoms with Gasteiger partial charge in [0, 0.05) is 24.4 Å². The monoisotopic (exact) mass is 296 g/mol. The lowest BCUT2D eigenvalue weighted by molar-refractivity contribution is 0.0536. The number of nitrogens with zero attached hydrogens (tertiary/aromatic N) is 1. The van der Waals surface area contributed by atoms with Crippen molar-refractivity contribution in [1.29, 1.82) is 0 Å². The number of nitrogens with one attached hydrogen (secondary N) is 1. The average Bonchev–Trinajstić information content (AvgIpc) is 2.45. The molecule has 20 heavy (non-hydrogen) atoms. The number of halogens is 1. The van der Waals surface area contributed by atoms with Gasteiger partial charge in [-0.05, 0) is 37.3 Å². The lowest BCUT2D eigenvalue weighted by Gasteiger charge is -2.22. The fraction of sp³-hybridized carbons (Fsp3) is 0.600. The highest BCUT2D eigenvalue weighted by Crippen LogP contribution is 2.14. The second-order valence-corrected chi connectivity index (χ2v) is 5.60. The van der Waals surface area contributed by atoms with Crippen LogP contribution < -0.4 is 5.32 Å². The van der Waals surface area contributed by atoms with E-state index in [0.717, 1.165) is 44.6 Å². The molecule has 0 bridgehead atoms. The van der Waals surface area contributed by atoms with Crippen LogP contribution in [-0.4, -0.2) is 30.6 Å². The highest BCUT2D eigenvalue weighted by atomic mass is 35.5. The summed E-state index contributed by atoms with van der Waals surface area (Å²) in [5, 5.41) is 3.34. The van der Waals surface area contributed by atoms with Crippen molar-refractivity contribution in [1.82, 2.24) is 10.3 Å². The van der Waals surface area contributed by atoms with Crippen LogP contribution >= 0.6 is 11.6 Å². The first kappa shape index (κ1) is 15.3. The summed E-state index contributed by atoms with van der Waals surface area (Å²) < 4.78 is 5.41. The number of aromatic nitrogens is 1. The largest absolute Gasteiger partial charge is 0.381 e. The van der Waals surface area contributed by atoms with E-state index in [-0.39, 0.29) is 5.91 Å². The Morgan fingerprint density at radius 2 is 2.40 bits per heavy atom. The van der Waals surface area contributed by atoms with Gasteiger partial charge in [-0.3, -0.25) is 4.79 Å². The molecule has 1 aliphatic heterocycles. The van der Waals surface area contributed by atoms with Gasteiger partial charge in [0.1, 0.15) is 5.15 Å². The molecule has 5 heteroatoms. The van der Waals surface area contributed by atoms with E-state index in [0.29, 0.717) is 23.2 Å². The van der Waals surface area contributed by atoms with Gasteiger partial charge in [0.05, 0.1) is 6.61 Å². The van der Waals surface area contributed by atoms with E-state index in [1.165, 1.54) is 0 Å². The number of aryl methyl sites for hydroxylation is 1. The third-order valence-electron chi connectivity index (χ3n) is 3.42. The van der Waals surface area contributed by atoms with E-state index in [9.17, 15) is 4.79 Å². The Morgan fingerprint density at radius 1 is 1.55 bits per heavy atom. The van der Waals surface area contributed by atoms with Crippen LogP contribution in [0.15, 0.2) is 12.1 Å². The van der Waals surface area contributed by atoms with Gasteiger partial charge in [-0.15, -0.1) is 0 Å². The molecule has 0 saturated carbocycles. The molecule has 1 saturated heterocycles. The van der Waals surface area contributed by atoms with Gasteiger partial charge in [0.2, 0.25) is 0 Å². The Balaban J connectivity index is 1.93. The highest BCUT2D eigenvalue weighted by Gasteiger charge is 2.16. The summed E-state index contributed by atoms with van der Waals surface area (Å²) >= 11 is 5.97. The van der Waals surface area contributed by atoms with Crippen molar-refractivity contribution in [2.24, 2.45) is 5.92 Å². The standard InChI is InChI=1S/C15H21ClN2O2/c1-2-4-13-7-12(8-14(16)18-13)15(19)17-9-11-5-3-6-20-10-11/h7-8,11H,2-6,9-10H2,1H3,(H,17,19). The van der Waals surface area contributed by atoms with E-state index in [1.807, 2.05) is 6.07 Å². The predicted octanol–water partition coefficient (Wildman–Crippen LogP) is 2.84. The molecule has 0 spiro atoms. The fourth-order valence-corrected chi connectivity index (χ4v) is 2.60. The van der Waals surface area contributed by atoms with Crippen molar-refractivity contribution in [3.8, 4) is 0 Å². The van der Waals surface area contributed by atoms with Crippen molar-refractivity contribution in [2.75, 3.05) is 19.8 Å². The third-order valence-corrected chi connectivity index (χ3v) is 3.61. The molecule has 0 aromatic carbocycles. The third kappa shape index (κ3) is 4.46. The number of amides is 1. The normalized spacial score (nSPS) is 18.8. The Hall–Kier alpha value is -1.13. The summed E-state index contributed by atoms with van der Waals surface area (Å²) in [5.41, 5.74) is 1.45. The maximum absolute atomic E-state index is 12.2. The molecular formula is C15H21ClN2O2. The van der Waals surface area contributed by atoms with Crippen LogP contribution in [-0.2, 0) is 11.2 Å². The molecule has 1 amide bonds. The molecular weight excluding hydrogens is 276 g/mol. The van der Waals surface area contributed by atoms with Crippen LogP contribution in [0.3, 0.4) is 0 Å². The maximum Gasteiger partial charge on any atom is 0.251 e. The minimum atomic E-state index is -0.0859. The van der Waals surface area contributed by atoms with Crippen LogP contribution in [0.4, 0.5) is 0 Å². The fourth-order valence-electron chi connectivity index (χ4n) is 2.37. The van der Waals surface area contributed by atoms with E-state index in [1.54, 1.807) is 6.07 Å². The molecule has 0 radical (unpaired) electrons. The minimum Gasteiger partial charge on any atom is -0.381 e. The zero-order chi connectivity index (χ0) is 14.4. The molecule has 2 rings (SSSR count). The molecule has 4 nitrogen and oxygen atoms in total. The van der Waals surface area contributed by atoms with Crippen LogP contribution in [0.1, 0.15) is 42.2 Å². The number of ether oxygens (including phenoxy) is 1. The first-order valence-electron chi connectivity index (χ1n) is 7.21. The number of hydrogen-bond donors (Lipinski definition) is 1. The van der Waals surface area contributed by atoms with Gasteiger partial charge in [0.25, 0.3) is 5.91 Å². The lowest BCUT2D eigenvalue weighted by Crippen LogP contribution is -2.33. The van der Waals surface area contributed by atoms with Crippen molar-refractivity contribution in [3.05, 3.63) is 28.5 Å². The van der Waals surface area contributed by atoms with Crippen LogP contribution in [0.2, 0.25) is 5.15 Å². The molecule has 2 heterocycles. The topological polar surface area (TPSA) is 51.2 Å². The van der Waals surface area contributed by atoms with Gasteiger partial charge in [-0.25, -0.2) is 4.98 Å². The predicted molar refractivity (Wildman–Crippen MR) is 79.1 cm³/mol. The molecule has 110 valence electrons. The summed E-state index contributed by atoms with van der Waals surface area (Å²) in [5.74, 6) is 0.331. The number of rotatable bonds is 5. The van der Waals surface area contributed by atoms with Crippen LogP contribution in [0.25, 0.3) is 0 Å². The Kier molecular flexibility index (Phi) is 5.80. The van der Waals surface area contributed by atoms with Gasteiger partial charge in [-0.1, -0.05) is 24.9 Å². The van der Waals surface area contributed by atoms with E-state index in [2.05, 4.69) is 17.2 Å². The summed E-state index contributed by atoms with van der Waals surface area (Å²) in [7, 11) is 0. The van der Waals surface area contributed by atoms with Crippen LogP contribution in [0.5, 0.6) is 0 Å². The zero-order valence-electron chi connectivity index (χ0n) is 11.8. The molecule has 1 atom stereocenters. The van der Waals surface area contributed by atoms with E-state index in [4.69, 9.17) is 16.3 Å². The first-order chi connectivity index (χ1) is 9.69. The Bertz CT molecular complexity index is 459. The second kappa shape index (κ2) is 7.60. The first-order valence-corrected chi connectivity index (χ1v) is 7.59. The highest BCUT2D eigenvalue weighted by molar-refractivity contribution is 6.29. The Morgan fingerprint density at radius 3 is 3.10 bits per heavy atom. The van der Waals surface area contributed by atoms with Gasteiger partial charge < -0.3 is 10.1 Å². The molecule has 1 aliphatic rings. The smallest absolute Gasteiger partial charge is 0.251 e. The van der Waals surface area contributed by atoms with Crippen molar-refractivity contribution < 1.29 is 9.53 Å². The number of carbonyl (C=O) groups is 1.